The summed E-state index contributed by atoms with van der Waals surface area (Å²) in [5, 5.41) is 0.357. The first-order valence-electron chi connectivity index (χ1n) is 6.63. The molecule has 6 heteroatoms. The van der Waals surface area contributed by atoms with E-state index in [9.17, 15) is 4.79 Å². The number of ether oxygens (including phenoxy) is 2. The fourth-order valence-corrected chi connectivity index (χ4v) is 2.14. The van der Waals surface area contributed by atoms with Gasteiger partial charge in [-0.1, -0.05) is 11.6 Å². The Kier molecular flexibility index (Phi) is 5.22. The molecule has 2 rings (SSSR count). The third-order valence-electron chi connectivity index (χ3n) is 3.22. The van der Waals surface area contributed by atoms with Crippen molar-refractivity contribution in [2.75, 3.05) is 21.3 Å². The van der Waals surface area contributed by atoms with Gasteiger partial charge in [-0.2, -0.15) is 0 Å². The van der Waals surface area contributed by atoms with Gasteiger partial charge in [0.05, 0.1) is 19.8 Å². The van der Waals surface area contributed by atoms with Gasteiger partial charge in [0.1, 0.15) is 16.7 Å². The molecule has 5 nitrogen and oxygen atoms in total. The van der Waals surface area contributed by atoms with Crippen LogP contribution in [0.15, 0.2) is 36.5 Å². The average Bonchev–Trinajstić information content (AvgIpc) is 2.55. The van der Waals surface area contributed by atoms with Crippen LogP contribution >= 0.6 is 11.6 Å². The monoisotopic (exact) mass is 320 g/mol. The third kappa shape index (κ3) is 3.68. The molecule has 0 aliphatic heterocycles. The summed E-state index contributed by atoms with van der Waals surface area (Å²) in [6, 6.07) is 8.75. The van der Waals surface area contributed by atoms with Crippen molar-refractivity contribution in [2.24, 2.45) is 0 Å². The second-order valence-electron chi connectivity index (χ2n) is 4.71. The normalized spacial score (nSPS) is 10.2. The van der Waals surface area contributed by atoms with Crippen LogP contribution in [0, 0.1) is 0 Å². The van der Waals surface area contributed by atoms with E-state index in [0.717, 1.165) is 5.56 Å². The maximum Gasteiger partial charge on any atom is 0.255 e. The van der Waals surface area contributed by atoms with E-state index < -0.39 is 0 Å². The molecule has 0 spiro atoms. The number of amides is 1. The first kappa shape index (κ1) is 16.1. The molecule has 0 fully saturated rings. The second kappa shape index (κ2) is 7.13. The Morgan fingerprint density at radius 2 is 2.00 bits per heavy atom. The molecule has 0 saturated carbocycles. The fourth-order valence-electron chi connectivity index (χ4n) is 2.03. The van der Waals surface area contributed by atoms with Crippen LogP contribution in [0.4, 0.5) is 0 Å². The largest absolute Gasteiger partial charge is 0.497 e. The molecule has 0 radical (unpaired) electrons. The highest BCUT2D eigenvalue weighted by atomic mass is 35.5. The van der Waals surface area contributed by atoms with Crippen LogP contribution in [0.25, 0.3) is 0 Å². The highest BCUT2D eigenvalue weighted by Crippen LogP contribution is 2.25. The molecule has 1 aromatic carbocycles. The second-order valence-corrected chi connectivity index (χ2v) is 5.10. The van der Waals surface area contributed by atoms with Crippen LogP contribution in [0.3, 0.4) is 0 Å². The predicted octanol–water partition coefficient (Wildman–Crippen LogP) is 3.02. The average molecular weight is 321 g/mol. The standard InChI is InChI=1S/C16H17ClN2O3/c1-19(16(20)11-5-7-15(17)18-9-11)10-12-4-6-13(21-2)8-14(12)22-3/h4-9H,10H2,1-3H3. The number of nitrogens with zero attached hydrogens (tertiary/aromatic N) is 2. The van der Waals surface area contributed by atoms with Gasteiger partial charge in [0, 0.05) is 31.4 Å². The van der Waals surface area contributed by atoms with E-state index in [1.807, 2.05) is 12.1 Å². The van der Waals surface area contributed by atoms with Gasteiger partial charge in [-0.3, -0.25) is 4.79 Å². The molecular weight excluding hydrogens is 304 g/mol. The summed E-state index contributed by atoms with van der Waals surface area (Å²) in [5.41, 5.74) is 1.38. The highest BCUT2D eigenvalue weighted by molar-refractivity contribution is 6.29. The van der Waals surface area contributed by atoms with E-state index in [-0.39, 0.29) is 5.91 Å². The molecule has 1 aromatic heterocycles. The van der Waals surface area contributed by atoms with Crippen molar-refractivity contribution in [3.63, 3.8) is 0 Å². The van der Waals surface area contributed by atoms with Crippen LogP contribution < -0.4 is 9.47 Å². The van der Waals surface area contributed by atoms with Crippen LogP contribution in [0.5, 0.6) is 11.5 Å². The summed E-state index contributed by atoms with van der Waals surface area (Å²) in [5.74, 6) is 1.24. The zero-order chi connectivity index (χ0) is 16.1. The van der Waals surface area contributed by atoms with Crippen molar-refractivity contribution in [2.45, 2.75) is 6.54 Å². The van der Waals surface area contributed by atoms with E-state index in [2.05, 4.69) is 4.98 Å². The van der Waals surface area contributed by atoms with Gasteiger partial charge in [0.2, 0.25) is 0 Å². The van der Waals surface area contributed by atoms with E-state index in [1.54, 1.807) is 44.4 Å². The zero-order valence-electron chi connectivity index (χ0n) is 12.7. The maximum absolute atomic E-state index is 12.4. The summed E-state index contributed by atoms with van der Waals surface area (Å²) >= 11 is 5.73. The lowest BCUT2D eigenvalue weighted by Crippen LogP contribution is -2.26. The van der Waals surface area contributed by atoms with Gasteiger partial charge in [0.15, 0.2) is 0 Å². The molecule has 0 bridgehead atoms. The van der Waals surface area contributed by atoms with Crippen LogP contribution in [0.1, 0.15) is 15.9 Å². The minimum atomic E-state index is -0.137. The van der Waals surface area contributed by atoms with Crippen molar-refractivity contribution >= 4 is 17.5 Å². The number of rotatable bonds is 5. The Labute approximate surface area is 134 Å². The molecule has 2 aromatic rings. The number of aromatic nitrogens is 1. The number of hydrogen-bond donors (Lipinski definition) is 0. The lowest BCUT2D eigenvalue weighted by Gasteiger charge is -2.19. The SMILES string of the molecule is COc1ccc(CN(C)C(=O)c2ccc(Cl)nc2)c(OC)c1. The summed E-state index contributed by atoms with van der Waals surface area (Å²) < 4.78 is 10.5. The van der Waals surface area contributed by atoms with Gasteiger partial charge in [-0.05, 0) is 24.3 Å². The minimum absolute atomic E-state index is 0.137. The Morgan fingerprint density at radius 1 is 1.23 bits per heavy atom. The van der Waals surface area contributed by atoms with Gasteiger partial charge in [-0.15, -0.1) is 0 Å². The van der Waals surface area contributed by atoms with E-state index in [1.165, 1.54) is 6.20 Å². The quantitative estimate of drug-likeness (QED) is 0.795. The van der Waals surface area contributed by atoms with Crippen LogP contribution in [-0.2, 0) is 6.54 Å². The summed E-state index contributed by atoms with van der Waals surface area (Å²) in [7, 11) is 4.90. The Morgan fingerprint density at radius 3 is 2.59 bits per heavy atom. The molecule has 0 saturated heterocycles. The van der Waals surface area contributed by atoms with E-state index in [4.69, 9.17) is 21.1 Å². The van der Waals surface area contributed by atoms with Gasteiger partial charge < -0.3 is 14.4 Å². The number of benzene rings is 1. The molecule has 0 N–H and O–H groups in total. The Hall–Kier alpha value is -2.27. The summed E-state index contributed by atoms with van der Waals surface area (Å²) in [6.07, 6.45) is 1.46. The van der Waals surface area contributed by atoms with E-state index in [0.29, 0.717) is 28.8 Å². The van der Waals surface area contributed by atoms with E-state index >= 15 is 0 Å². The van der Waals surface area contributed by atoms with Crippen LogP contribution in [-0.4, -0.2) is 37.1 Å². The van der Waals surface area contributed by atoms with Crippen LogP contribution in [0.2, 0.25) is 5.15 Å². The Bertz CT molecular complexity index is 659. The molecule has 1 heterocycles. The van der Waals surface area contributed by atoms with Crippen molar-refractivity contribution in [1.82, 2.24) is 9.88 Å². The zero-order valence-corrected chi connectivity index (χ0v) is 13.4. The Balaban J connectivity index is 2.16. The number of pyridine rings is 1. The molecular formula is C16H17ClN2O3. The smallest absolute Gasteiger partial charge is 0.255 e. The topological polar surface area (TPSA) is 51.7 Å². The first-order chi connectivity index (χ1) is 10.5. The minimum Gasteiger partial charge on any atom is -0.497 e. The fraction of sp³-hybridized carbons (Fsp3) is 0.250. The van der Waals surface area contributed by atoms with Crippen molar-refractivity contribution < 1.29 is 14.3 Å². The lowest BCUT2D eigenvalue weighted by atomic mass is 10.1. The van der Waals surface area contributed by atoms with Gasteiger partial charge in [-0.25, -0.2) is 4.98 Å². The van der Waals surface area contributed by atoms with Gasteiger partial charge >= 0.3 is 0 Å². The van der Waals surface area contributed by atoms with Gasteiger partial charge in [0.25, 0.3) is 5.91 Å². The molecule has 0 aliphatic rings. The molecule has 0 atom stereocenters. The molecule has 1 amide bonds. The number of halogens is 1. The molecule has 116 valence electrons. The molecule has 0 unspecified atom stereocenters. The van der Waals surface area contributed by atoms with Crippen molar-refractivity contribution in [3.8, 4) is 11.5 Å². The summed E-state index contributed by atoms with van der Waals surface area (Å²) in [4.78, 5) is 17.9. The number of carbonyl (C=O) groups is 1. The number of hydrogen-bond acceptors (Lipinski definition) is 4. The highest BCUT2D eigenvalue weighted by Gasteiger charge is 2.15. The maximum atomic E-state index is 12.4. The molecule has 22 heavy (non-hydrogen) atoms. The number of carbonyl (C=O) groups excluding carboxylic acids is 1. The molecule has 0 aliphatic carbocycles. The first-order valence-corrected chi connectivity index (χ1v) is 7.01. The van der Waals surface area contributed by atoms with Crippen molar-refractivity contribution in [3.05, 3.63) is 52.8 Å². The van der Waals surface area contributed by atoms with Crippen molar-refractivity contribution in [1.29, 1.82) is 0 Å². The number of methoxy groups -OCH3 is 2. The predicted molar refractivity (Wildman–Crippen MR) is 84.6 cm³/mol. The third-order valence-corrected chi connectivity index (χ3v) is 3.45. The lowest BCUT2D eigenvalue weighted by molar-refractivity contribution is 0.0784. The summed E-state index contributed by atoms with van der Waals surface area (Å²) in [6.45, 7) is 0.411.